The van der Waals surface area contributed by atoms with Crippen LogP contribution in [0.2, 0.25) is 0 Å². The Morgan fingerprint density at radius 1 is 1.50 bits per heavy atom. The van der Waals surface area contributed by atoms with Crippen LogP contribution in [0, 0.1) is 4.91 Å². The predicted molar refractivity (Wildman–Crippen MR) is 51.4 cm³/mol. The minimum absolute atomic E-state index is 0.533. The lowest BCUT2D eigenvalue weighted by Crippen LogP contribution is -2.09. The summed E-state index contributed by atoms with van der Waals surface area (Å²) < 4.78 is 1.00. The fourth-order valence-corrected chi connectivity index (χ4v) is 1.31. The van der Waals surface area contributed by atoms with Gasteiger partial charge in [0, 0.05) is 11.5 Å². The summed E-state index contributed by atoms with van der Waals surface area (Å²) in [4.78, 5) is 10.1. The number of halogens is 1. The van der Waals surface area contributed by atoms with Gasteiger partial charge in [-0.05, 0) is 11.6 Å². The molecule has 1 aromatic rings. The van der Waals surface area contributed by atoms with Gasteiger partial charge in [0.05, 0.1) is 11.8 Å². The molecule has 0 heterocycles. The molecule has 0 bridgehead atoms. The maximum atomic E-state index is 10.1. The van der Waals surface area contributed by atoms with E-state index in [1.807, 2.05) is 24.3 Å². The number of benzene rings is 1. The van der Waals surface area contributed by atoms with Crippen LogP contribution in [0.15, 0.2) is 34.0 Å². The lowest BCUT2D eigenvalue weighted by Gasteiger charge is -2.09. The average molecular weight is 229 g/mol. The van der Waals surface area contributed by atoms with Crippen molar-refractivity contribution >= 4 is 15.9 Å². The fourth-order valence-electron chi connectivity index (χ4n) is 0.902. The Labute approximate surface area is 79.5 Å². The van der Waals surface area contributed by atoms with Crippen molar-refractivity contribution in [1.82, 2.24) is 5.01 Å². The lowest BCUT2D eigenvalue weighted by molar-refractivity contribution is 0.341. The van der Waals surface area contributed by atoms with Gasteiger partial charge in [0.1, 0.15) is 0 Å². The molecule has 0 aromatic heterocycles. The molecular weight excluding hydrogens is 220 g/mol. The molecule has 1 aromatic carbocycles. The van der Waals surface area contributed by atoms with Crippen LogP contribution in [-0.2, 0) is 6.54 Å². The zero-order valence-electron chi connectivity index (χ0n) is 6.70. The summed E-state index contributed by atoms with van der Waals surface area (Å²) >= 11 is 3.38. The SMILES string of the molecule is CN(Cc1ccccc1Br)N=O. The van der Waals surface area contributed by atoms with Crippen LogP contribution >= 0.6 is 15.9 Å². The van der Waals surface area contributed by atoms with Crippen molar-refractivity contribution in [2.45, 2.75) is 6.54 Å². The molecule has 0 radical (unpaired) electrons. The summed E-state index contributed by atoms with van der Waals surface area (Å²) in [7, 11) is 1.65. The summed E-state index contributed by atoms with van der Waals surface area (Å²) in [6.07, 6.45) is 0. The lowest BCUT2D eigenvalue weighted by atomic mass is 10.2. The van der Waals surface area contributed by atoms with Gasteiger partial charge in [-0.25, -0.2) is 0 Å². The second-order valence-electron chi connectivity index (χ2n) is 2.49. The number of rotatable bonds is 3. The number of hydrogen-bond acceptors (Lipinski definition) is 2. The summed E-state index contributed by atoms with van der Waals surface area (Å²) in [5, 5.41) is 4.13. The Kier molecular flexibility index (Phi) is 3.22. The third-order valence-corrected chi connectivity index (χ3v) is 2.27. The van der Waals surface area contributed by atoms with Gasteiger partial charge in [-0.3, -0.25) is 5.01 Å². The highest BCUT2D eigenvalue weighted by atomic mass is 79.9. The summed E-state index contributed by atoms with van der Waals surface area (Å²) in [6.45, 7) is 0.533. The maximum absolute atomic E-state index is 10.1. The first-order chi connectivity index (χ1) is 5.74. The second-order valence-corrected chi connectivity index (χ2v) is 3.34. The molecular formula is C8H9BrN2O. The largest absolute Gasteiger partial charge is 0.260 e. The van der Waals surface area contributed by atoms with Crippen molar-refractivity contribution in [2.75, 3.05) is 7.05 Å². The van der Waals surface area contributed by atoms with Crippen LogP contribution < -0.4 is 0 Å². The minimum Gasteiger partial charge on any atom is -0.260 e. The van der Waals surface area contributed by atoms with Crippen molar-refractivity contribution in [3.8, 4) is 0 Å². The number of nitroso groups, excluding NO2 is 1. The van der Waals surface area contributed by atoms with E-state index in [4.69, 9.17) is 0 Å². The Bertz CT molecular complexity index is 278. The molecule has 0 fully saturated rings. The third-order valence-electron chi connectivity index (χ3n) is 1.50. The first kappa shape index (κ1) is 9.19. The summed E-state index contributed by atoms with van der Waals surface area (Å²) in [5.74, 6) is 0. The van der Waals surface area contributed by atoms with E-state index in [0.29, 0.717) is 6.54 Å². The monoisotopic (exact) mass is 228 g/mol. The molecule has 0 atom stereocenters. The summed E-state index contributed by atoms with van der Waals surface area (Å²) in [6, 6.07) is 7.75. The van der Waals surface area contributed by atoms with Crippen LogP contribution in [-0.4, -0.2) is 12.1 Å². The molecule has 3 nitrogen and oxygen atoms in total. The van der Waals surface area contributed by atoms with Crippen LogP contribution in [0.3, 0.4) is 0 Å². The molecule has 64 valence electrons. The molecule has 0 aliphatic rings. The van der Waals surface area contributed by atoms with Gasteiger partial charge in [-0.1, -0.05) is 34.1 Å². The van der Waals surface area contributed by atoms with Gasteiger partial charge in [0.25, 0.3) is 0 Å². The van der Waals surface area contributed by atoms with Gasteiger partial charge >= 0.3 is 0 Å². The molecule has 0 aliphatic carbocycles. The van der Waals surface area contributed by atoms with E-state index < -0.39 is 0 Å². The minimum atomic E-state index is 0.533. The van der Waals surface area contributed by atoms with E-state index in [-0.39, 0.29) is 0 Å². The van der Waals surface area contributed by atoms with Crippen LogP contribution in [0.25, 0.3) is 0 Å². The fraction of sp³-hybridized carbons (Fsp3) is 0.250. The summed E-state index contributed by atoms with van der Waals surface area (Å²) in [5.41, 5.74) is 1.06. The number of hydrogen-bond donors (Lipinski definition) is 0. The van der Waals surface area contributed by atoms with Crippen molar-refractivity contribution in [3.05, 3.63) is 39.2 Å². The predicted octanol–water partition coefficient (Wildman–Crippen LogP) is 2.56. The average Bonchev–Trinajstić information content (AvgIpc) is 2.09. The molecule has 0 saturated carbocycles. The van der Waals surface area contributed by atoms with Crippen molar-refractivity contribution < 1.29 is 0 Å². The zero-order valence-corrected chi connectivity index (χ0v) is 8.28. The van der Waals surface area contributed by atoms with E-state index in [1.165, 1.54) is 5.01 Å². The van der Waals surface area contributed by atoms with Crippen LogP contribution in [0.5, 0.6) is 0 Å². The normalized spacial score (nSPS) is 9.50. The molecule has 1 rings (SSSR count). The van der Waals surface area contributed by atoms with E-state index in [2.05, 4.69) is 21.2 Å². The van der Waals surface area contributed by atoms with Crippen LogP contribution in [0.4, 0.5) is 0 Å². The van der Waals surface area contributed by atoms with Gasteiger partial charge in [0.15, 0.2) is 0 Å². The Balaban J connectivity index is 2.75. The molecule has 0 amide bonds. The topological polar surface area (TPSA) is 32.7 Å². The molecule has 12 heavy (non-hydrogen) atoms. The molecule has 0 N–H and O–H groups in total. The second kappa shape index (κ2) is 4.21. The molecule has 0 spiro atoms. The molecule has 4 heteroatoms. The first-order valence-electron chi connectivity index (χ1n) is 3.52. The smallest absolute Gasteiger partial charge is 0.0650 e. The van der Waals surface area contributed by atoms with E-state index in [1.54, 1.807) is 7.05 Å². The standard InChI is InChI=1S/C8H9BrN2O/c1-11(10-12)6-7-4-2-3-5-8(7)9/h2-5H,6H2,1H3. The quantitative estimate of drug-likeness (QED) is 0.589. The Hall–Kier alpha value is -0.900. The third kappa shape index (κ3) is 2.30. The Morgan fingerprint density at radius 2 is 2.17 bits per heavy atom. The van der Waals surface area contributed by atoms with Gasteiger partial charge in [0.2, 0.25) is 0 Å². The number of nitrogens with zero attached hydrogens (tertiary/aromatic N) is 2. The van der Waals surface area contributed by atoms with Crippen molar-refractivity contribution in [1.29, 1.82) is 0 Å². The van der Waals surface area contributed by atoms with Crippen molar-refractivity contribution in [2.24, 2.45) is 5.29 Å². The highest BCUT2D eigenvalue weighted by Gasteiger charge is 2.00. The zero-order chi connectivity index (χ0) is 8.97. The van der Waals surface area contributed by atoms with E-state index >= 15 is 0 Å². The molecule has 0 unspecified atom stereocenters. The van der Waals surface area contributed by atoms with Gasteiger partial charge in [-0.2, -0.15) is 0 Å². The van der Waals surface area contributed by atoms with E-state index in [9.17, 15) is 4.91 Å². The highest BCUT2D eigenvalue weighted by molar-refractivity contribution is 9.10. The van der Waals surface area contributed by atoms with Crippen molar-refractivity contribution in [3.63, 3.8) is 0 Å². The first-order valence-corrected chi connectivity index (χ1v) is 4.31. The Morgan fingerprint density at radius 3 is 2.75 bits per heavy atom. The van der Waals surface area contributed by atoms with Gasteiger partial charge in [-0.15, -0.1) is 4.91 Å². The molecule has 0 aliphatic heterocycles. The van der Waals surface area contributed by atoms with Gasteiger partial charge < -0.3 is 0 Å². The van der Waals surface area contributed by atoms with Crippen LogP contribution in [0.1, 0.15) is 5.56 Å². The maximum Gasteiger partial charge on any atom is 0.0650 e. The molecule has 0 saturated heterocycles. The highest BCUT2D eigenvalue weighted by Crippen LogP contribution is 2.16. The van der Waals surface area contributed by atoms with E-state index in [0.717, 1.165) is 10.0 Å².